The van der Waals surface area contributed by atoms with Crippen LogP contribution in [-0.2, 0) is 9.59 Å². The minimum Gasteiger partial charge on any atom is -0.490 e. The van der Waals surface area contributed by atoms with Crippen LogP contribution in [0, 0.1) is 6.92 Å². The van der Waals surface area contributed by atoms with Gasteiger partial charge in [-0.15, -0.1) is 0 Å². The van der Waals surface area contributed by atoms with E-state index in [9.17, 15) is 14.4 Å². The molecule has 0 radical (unpaired) electrons. The van der Waals surface area contributed by atoms with Gasteiger partial charge < -0.3 is 9.47 Å². The van der Waals surface area contributed by atoms with E-state index in [2.05, 4.69) is 5.32 Å². The van der Waals surface area contributed by atoms with Gasteiger partial charge in [-0.2, -0.15) is 0 Å². The van der Waals surface area contributed by atoms with E-state index in [-0.39, 0.29) is 5.57 Å². The molecule has 3 aromatic carbocycles. The van der Waals surface area contributed by atoms with Crippen molar-refractivity contribution in [2.45, 2.75) is 6.92 Å². The molecule has 0 aromatic heterocycles. The number of halogens is 1. The molecular formula is C26H21ClN2O5. The SMILES string of the molecule is Cc1ccccc1OCCOc1ccc(C=C2C(=O)NC(=O)N(c3ccc(Cl)cc3)C2=O)cc1. The van der Waals surface area contributed by atoms with Crippen molar-refractivity contribution in [3.8, 4) is 11.5 Å². The number of hydrogen-bond acceptors (Lipinski definition) is 5. The molecule has 0 saturated carbocycles. The Hall–Kier alpha value is -4.10. The number of hydrogen-bond donors (Lipinski definition) is 1. The van der Waals surface area contributed by atoms with Gasteiger partial charge in [0.1, 0.15) is 30.3 Å². The highest BCUT2D eigenvalue weighted by Crippen LogP contribution is 2.24. The largest absolute Gasteiger partial charge is 0.490 e. The molecule has 1 fully saturated rings. The molecule has 0 bridgehead atoms. The number of carbonyl (C=O) groups is 3. The number of ether oxygens (including phenoxy) is 2. The Morgan fingerprint density at radius 3 is 2.26 bits per heavy atom. The Morgan fingerprint density at radius 2 is 1.56 bits per heavy atom. The monoisotopic (exact) mass is 476 g/mol. The Morgan fingerprint density at radius 1 is 0.882 bits per heavy atom. The Balaban J connectivity index is 1.41. The van der Waals surface area contributed by atoms with Gasteiger partial charge in [-0.1, -0.05) is 41.9 Å². The van der Waals surface area contributed by atoms with Crippen molar-refractivity contribution in [2.24, 2.45) is 0 Å². The Kier molecular flexibility index (Phi) is 6.94. The summed E-state index contributed by atoms with van der Waals surface area (Å²) in [6.07, 6.45) is 1.43. The second kappa shape index (κ2) is 10.2. The molecule has 172 valence electrons. The van der Waals surface area contributed by atoms with E-state index in [1.54, 1.807) is 36.4 Å². The van der Waals surface area contributed by atoms with Crippen molar-refractivity contribution in [1.82, 2.24) is 5.32 Å². The lowest BCUT2D eigenvalue weighted by atomic mass is 10.1. The molecule has 4 rings (SSSR count). The number of rotatable bonds is 7. The smallest absolute Gasteiger partial charge is 0.335 e. The Bertz CT molecular complexity index is 1250. The molecule has 0 spiro atoms. The van der Waals surface area contributed by atoms with Crippen molar-refractivity contribution in [3.05, 3.63) is 94.5 Å². The van der Waals surface area contributed by atoms with Gasteiger partial charge in [0.15, 0.2) is 0 Å². The molecule has 0 atom stereocenters. The van der Waals surface area contributed by atoms with E-state index in [4.69, 9.17) is 21.1 Å². The number of benzene rings is 3. The first kappa shape index (κ1) is 23.1. The van der Waals surface area contributed by atoms with Crippen molar-refractivity contribution in [2.75, 3.05) is 18.1 Å². The maximum absolute atomic E-state index is 12.9. The average molecular weight is 477 g/mol. The van der Waals surface area contributed by atoms with Crippen molar-refractivity contribution in [1.29, 1.82) is 0 Å². The van der Waals surface area contributed by atoms with E-state index in [1.807, 2.05) is 31.2 Å². The Labute approximate surface area is 201 Å². The number of nitrogens with zero attached hydrogens (tertiary/aromatic N) is 1. The number of amides is 4. The predicted molar refractivity (Wildman–Crippen MR) is 129 cm³/mol. The van der Waals surface area contributed by atoms with Crippen LogP contribution in [0.25, 0.3) is 6.08 Å². The molecule has 1 heterocycles. The zero-order valence-corrected chi connectivity index (χ0v) is 19.0. The molecule has 1 aliphatic rings. The standard InChI is InChI=1S/C26H21ClN2O5/c1-17-4-2-3-5-23(17)34-15-14-33-21-12-6-18(7-13-21)16-22-24(30)28-26(32)29(25(22)31)20-10-8-19(27)9-11-20/h2-13,16H,14-15H2,1H3,(H,28,30,32). The van der Waals surface area contributed by atoms with Crippen LogP contribution in [0.4, 0.5) is 10.5 Å². The molecule has 4 amide bonds. The van der Waals surface area contributed by atoms with Crippen LogP contribution in [0.15, 0.2) is 78.4 Å². The fourth-order valence-electron chi connectivity index (χ4n) is 3.34. The second-order valence-corrected chi connectivity index (χ2v) is 7.90. The number of carbonyl (C=O) groups excluding carboxylic acids is 3. The summed E-state index contributed by atoms with van der Waals surface area (Å²) >= 11 is 5.88. The van der Waals surface area contributed by atoms with Crippen LogP contribution in [0.1, 0.15) is 11.1 Å². The highest BCUT2D eigenvalue weighted by molar-refractivity contribution is 6.39. The van der Waals surface area contributed by atoms with E-state index in [0.717, 1.165) is 16.2 Å². The van der Waals surface area contributed by atoms with Gasteiger partial charge in [-0.05, 0) is 66.6 Å². The number of aryl methyl sites for hydroxylation is 1. The number of urea groups is 1. The minimum absolute atomic E-state index is 0.158. The summed E-state index contributed by atoms with van der Waals surface area (Å²) in [5.74, 6) is -0.0406. The maximum Gasteiger partial charge on any atom is 0.335 e. The molecule has 1 aliphatic heterocycles. The van der Waals surface area contributed by atoms with Gasteiger partial charge >= 0.3 is 6.03 Å². The summed E-state index contributed by atoms with van der Waals surface area (Å²) in [6.45, 7) is 2.72. The first-order valence-corrected chi connectivity index (χ1v) is 10.9. The first-order chi connectivity index (χ1) is 16.4. The van der Waals surface area contributed by atoms with Gasteiger partial charge in [-0.25, -0.2) is 9.69 Å². The zero-order valence-electron chi connectivity index (χ0n) is 18.3. The van der Waals surface area contributed by atoms with Crippen LogP contribution >= 0.6 is 11.6 Å². The average Bonchev–Trinajstić information content (AvgIpc) is 2.82. The third-order valence-corrected chi connectivity index (χ3v) is 5.33. The van der Waals surface area contributed by atoms with E-state index < -0.39 is 17.8 Å². The van der Waals surface area contributed by atoms with Crippen molar-refractivity contribution >= 4 is 41.2 Å². The van der Waals surface area contributed by atoms with Crippen molar-refractivity contribution < 1.29 is 23.9 Å². The molecule has 0 aliphatic carbocycles. The molecule has 7 nitrogen and oxygen atoms in total. The van der Waals surface area contributed by atoms with Gasteiger partial charge in [-0.3, -0.25) is 14.9 Å². The summed E-state index contributed by atoms with van der Waals surface area (Å²) in [7, 11) is 0. The van der Waals surface area contributed by atoms with E-state index in [1.165, 1.54) is 18.2 Å². The highest BCUT2D eigenvalue weighted by Gasteiger charge is 2.36. The fraction of sp³-hybridized carbons (Fsp3) is 0.115. The third kappa shape index (κ3) is 5.27. The number of anilines is 1. The van der Waals surface area contributed by atoms with Gasteiger partial charge in [0, 0.05) is 5.02 Å². The maximum atomic E-state index is 12.9. The molecule has 0 unspecified atom stereocenters. The number of imide groups is 2. The summed E-state index contributed by atoms with van der Waals surface area (Å²) < 4.78 is 11.4. The van der Waals surface area contributed by atoms with E-state index in [0.29, 0.717) is 35.2 Å². The summed E-state index contributed by atoms with van der Waals surface area (Å²) in [6, 6.07) is 20.0. The lowest BCUT2D eigenvalue weighted by Gasteiger charge is -2.26. The predicted octanol–water partition coefficient (Wildman–Crippen LogP) is 4.77. The highest BCUT2D eigenvalue weighted by atomic mass is 35.5. The minimum atomic E-state index is -0.814. The number of nitrogens with one attached hydrogen (secondary N) is 1. The van der Waals surface area contributed by atoms with Crippen LogP contribution in [0.5, 0.6) is 11.5 Å². The van der Waals surface area contributed by atoms with E-state index >= 15 is 0 Å². The van der Waals surface area contributed by atoms with Crippen LogP contribution in [-0.4, -0.2) is 31.1 Å². The third-order valence-electron chi connectivity index (χ3n) is 5.08. The van der Waals surface area contributed by atoms with Crippen molar-refractivity contribution in [3.63, 3.8) is 0 Å². The number of barbiturate groups is 1. The fourth-order valence-corrected chi connectivity index (χ4v) is 3.46. The summed E-state index contributed by atoms with van der Waals surface area (Å²) in [5, 5.41) is 2.66. The lowest BCUT2D eigenvalue weighted by Crippen LogP contribution is -2.54. The van der Waals surface area contributed by atoms with Gasteiger partial charge in [0.2, 0.25) is 0 Å². The first-order valence-electron chi connectivity index (χ1n) is 10.5. The van der Waals surface area contributed by atoms with Crippen LogP contribution in [0.2, 0.25) is 5.02 Å². The van der Waals surface area contributed by atoms with Crippen LogP contribution < -0.4 is 19.7 Å². The topological polar surface area (TPSA) is 84.9 Å². The molecular weight excluding hydrogens is 456 g/mol. The number of para-hydroxylation sites is 1. The van der Waals surface area contributed by atoms with Crippen LogP contribution in [0.3, 0.4) is 0 Å². The summed E-state index contributed by atoms with van der Waals surface area (Å²) in [5.41, 5.74) is 1.81. The molecule has 8 heteroatoms. The second-order valence-electron chi connectivity index (χ2n) is 7.47. The molecule has 34 heavy (non-hydrogen) atoms. The summed E-state index contributed by atoms with van der Waals surface area (Å²) in [4.78, 5) is 38.4. The molecule has 3 aromatic rings. The normalized spacial score (nSPS) is 14.8. The zero-order chi connectivity index (χ0) is 24.1. The quantitative estimate of drug-likeness (QED) is 0.301. The van der Waals surface area contributed by atoms with Gasteiger partial charge in [0.05, 0.1) is 5.69 Å². The molecule has 1 saturated heterocycles. The van der Waals surface area contributed by atoms with Gasteiger partial charge in [0.25, 0.3) is 11.8 Å². The lowest BCUT2D eigenvalue weighted by molar-refractivity contribution is -0.122. The molecule has 1 N–H and O–H groups in total.